The molecule has 4 nitrogen and oxygen atoms in total. The Morgan fingerprint density at radius 1 is 1.19 bits per heavy atom. The molecule has 1 unspecified atom stereocenters. The van der Waals surface area contributed by atoms with Crippen LogP contribution in [0.25, 0.3) is 0 Å². The molecule has 1 heterocycles. The molecule has 1 atom stereocenters. The highest BCUT2D eigenvalue weighted by Crippen LogP contribution is 2.29. The lowest BCUT2D eigenvalue weighted by molar-refractivity contribution is 0.305. The highest BCUT2D eigenvalue weighted by atomic mass is 19.1. The van der Waals surface area contributed by atoms with Crippen molar-refractivity contribution in [2.24, 2.45) is 7.05 Å². The average molecular weight is 365 g/mol. The van der Waals surface area contributed by atoms with Gasteiger partial charge in [0, 0.05) is 30.9 Å². The van der Waals surface area contributed by atoms with Gasteiger partial charge in [0.05, 0.1) is 6.20 Å². The Hall–Kier alpha value is -2.66. The molecule has 0 radical (unpaired) electrons. The minimum Gasteiger partial charge on any atom is -0.489 e. The molecule has 0 spiro atoms. The van der Waals surface area contributed by atoms with Crippen LogP contribution in [0.5, 0.6) is 5.75 Å². The van der Waals surface area contributed by atoms with E-state index in [-0.39, 0.29) is 5.82 Å². The fourth-order valence-corrected chi connectivity index (χ4v) is 3.66. The van der Waals surface area contributed by atoms with Crippen molar-refractivity contribution in [1.29, 1.82) is 0 Å². The zero-order chi connectivity index (χ0) is 18.6. The van der Waals surface area contributed by atoms with Crippen LogP contribution in [0.1, 0.15) is 41.3 Å². The van der Waals surface area contributed by atoms with Crippen LogP contribution in [0.3, 0.4) is 0 Å². The summed E-state index contributed by atoms with van der Waals surface area (Å²) < 4.78 is 21.0. The maximum absolute atomic E-state index is 13.2. The minimum atomic E-state index is -0.239. The Morgan fingerprint density at radius 2 is 2.04 bits per heavy atom. The summed E-state index contributed by atoms with van der Waals surface area (Å²) in [6.45, 7) is 1.17. The minimum absolute atomic E-state index is 0.239. The Kier molecular flexibility index (Phi) is 5.21. The van der Waals surface area contributed by atoms with Crippen LogP contribution < -0.4 is 10.1 Å². The lowest BCUT2D eigenvalue weighted by Crippen LogP contribution is -2.24. The van der Waals surface area contributed by atoms with Crippen LogP contribution in [0.2, 0.25) is 0 Å². The fourth-order valence-electron chi connectivity index (χ4n) is 3.66. The molecular formula is C22H24FN3O. The van der Waals surface area contributed by atoms with Gasteiger partial charge in [0.15, 0.2) is 0 Å². The van der Waals surface area contributed by atoms with Gasteiger partial charge in [-0.15, -0.1) is 0 Å². The smallest absolute Gasteiger partial charge is 0.123 e. The van der Waals surface area contributed by atoms with Gasteiger partial charge in [-0.3, -0.25) is 4.68 Å². The highest BCUT2D eigenvalue weighted by molar-refractivity contribution is 5.29. The molecule has 0 fully saturated rings. The van der Waals surface area contributed by atoms with Crippen molar-refractivity contribution < 1.29 is 9.13 Å². The first-order valence-corrected chi connectivity index (χ1v) is 9.39. The molecule has 2 aromatic carbocycles. The lowest BCUT2D eigenvalue weighted by Gasteiger charge is -2.24. The van der Waals surface area contributed by atoms with Crippen molar-refractivity contribution in [1.82, 2.24) is 15.1 Å². The molecule has 0 saturated carbocycles. The predicted octanol–water partition coefficient (Wildman–Crippen LogP) is 4.31. The number of benzene rings is 2. The van der Waals surface area contributed by atoms with Gasteiger partial charge in [0.25, 0.3) is 0 Å². The number of aromatic nitrogens is 2. The van der Waals surface area contributed by atoms with Crippen LogP contribution in [0.15, 0.2) is 54.7 Å². The summed E-state index contributed by atoms with van der Waals surface area (Å²) >= 11 is 0. The van der Waals surface area contributed by atoms with Crippen molar-refractivity contribution in [3.63, 3.8) is 0 Å². The standard InChI is InChI=1S/C22H24FN3O/c1-26-22-7-3-6-21(20(22)14-25-26)24-13-16-8-10-19(11-9-16)27-15-17-4-2-5-18(23)12-17/h2,4-5,8-12,14,21,24H,3,6-7,13,15H2,1H3. The number of nitrogens with zero attached hydrogens (tertiary/aromatic N) is 2. The van der Waals surface area contributed by atoms with Gasteiger partial charge in [0.1, 0.15) is 18.2 Å². The van der Waals surface area contributed by atoms with Crippen molar-refractivity contribution in [2.75, 3.05) is 0 Å². The second kappa shape index (κ2) is 7.92. The first kappa shape index (κ1) is 17.7. The normalized spacial score (nSPS) is 16.1. The third-order valence-corrected chi connectivity index (χ3v) is 5.15. The quantitative estimate of drug-likeness (QED) is 0.708. The molecule has 0 amide bonds. The number of aryl methyl sites for hydroxylation is 1. The first-order valence-electron chi connectivity index (χ1n) is 9.39. The van der Waals surface area contributed by atoms with Gasteiger partial charge in [-0.25, -0.2) is 4.39 Å². The topological polar surface area (TPSA) is 39.1 Å². The Morgan fingerprint density at radius 3 is 2.85 bits per heavy atom. The number of fused-ring (bicyclic) bond motifs is 1. The molecule has 5 heteroatoms. The van der Waals surface area contributed by atoms with E-state index >= 15 is 0 Å². The highest BCUT2D eigenvalue weighted by Gasteiger charge is 2.22. The van der Waals surface area contributed by atoms with Gasteiger partial charge in [-0.1, -0.05) is 24.3 Å². The van der Waals surface area contributed by atoms with Crippen LogP contribution in [0.4, 0.5) is 4.39 Å². The summed E-state index contributed by atoms with van der Waals surface area (Å²) in [5.41, 5.74) is 4.72. The third kappa shape index (κ3) is 4.19. The lowest BCUT2D eigenvalue weighted by atomic mass is 9.93. The van der Waals surface area contributed by atoms with Gasteiger partial charge < -0.3 is 10.1 Å². The van der Waals surface area contributed by atoms with E-state index in [1.165, 1.54) is 35.4 Å². The second-order valence-electron chi connectivity index (χ2n) is 7.06. The van der Waals surface area contributed by atoms with E-state index in [1.54, 1.807) is 6.07 Å². The Balaban J connectivity index is 1.32. The second-order valence-corrected chi connectivity index (χ2v) is 7.06. The summed E-state index contributed by atoms with van der Waals surface area (Å²) in [5, 5.41) is 8.06. The summed E-state index contributed by atoms with van der Waals surface area (Å²) in [7, 11) is 2.02. The summed E-state index contributed by atoms with van der Waals surface area (Å²) in [6.07, 6.45) is 5.45. The average Bonchev–Trinajstić information content (AvgIpc) is 3.07. The van der Waals surface area contributed by atoms with E-state index in [2.05, 4.69) is 22.5 Å². The molecule has 1 aliphatic rings. The van der Waals surface area contributed by atoms with Gasteiger partial charge in [-0.2, -0.15) is 5.10 Å². The maximum Gasteiger partial charge on any atom is 0.123 e. The van der Waals surface area contributed by atoms with E-state index in [9.17, 15) is 4.39 Å². The zero-order valence-electron chi connectivity index (χ0n) is 15.5. The molecule has 0 aliphatic heterocycles. The molecule has 3 aromatic rings. The molecule has 1 N–H and O–H groups in total. The molecule has 1 aliphatic carbocycles. The molecule has 0 bridgehead atoms. The van der Waals surface area contributed by atoms with Gasteiger partial charge in [0.2, 0.25) is 0 Å². The Bertz CT molecular complexity index is 904. The van der Waals surface area contributed by atoms with Crippen molar-refractivity contribution in [3.05, 3.63) is 82.9 Å². The molecule has 27 heavy (non-hydrogen) atoms. The largest absolute Gasteiger partial charge is 0.489 e. The van der Waals surface area contributed by atoms with Gasteiger partial charge >= 0.3 is 0 Å². The molecule has 1 aromatic heterocycles. The third-order valence-electron chi connectivity index (χ3n) is 5.15. The number of hydrogen-bond acceptors (Lipinski definition) is 3. The number of ether oxygens (including phenoxy) is 1. The number of nitrogens with one attached hydrogen (secondary N) is 1. The zero-order valence-corrected chi connectivity index (χ0v) is 15.5. The summed E-state index contributed by atoms with van der Waals surface area (Å²) in [4.78, 5) is 0. The molecule has 140 valence electrons. The number of halogens is 1. The van der Waals surface area contributed by atoms with Crippen molar-refractivity contribution in [3.8, 4) is 5.75 Å². The number of hydrogen-bond donors (Lipinski definition) is 1. The van der Waals surface area contributed by atoms with Crippen LogP contribution in [0, 0.1) is 5.82 Å². The van der Waals surface area contributed by atoms with E-state index in [0.717, 1.165) is 30.7 Å². The van der Waals surface area contributed by atoms with E-state index < -0.39 is 0 Å². The molecule has 4 rings (SSSR count). The SMILES string of the molecule is Cn1ncc2c1CCCC2NCc1ccc(OCc2cccc(F)c2)cc1. The molecule has 0 saturated heterocycles. The first-order chi connectivity index (χ1) is 13.2. The predicted molar refractivity (Wildman–Crippen MR) is 103 cm³/mol. The van der Waals surface area contributed by atoms with Crippen LogP contribution in [-0.2, 0) is 26.6 Å². The molecular weight excluding hydrogens is 341 g/mol. The monoisotopic (exact) mass is 365 g/mol. The van der Waals surface area contributed by atoms with E-state index in [0.29, 0.717) is 12.6 Å². The van der Waals surface area contributed by atoms with Crippen molar-refractivity contribution in [2.45, 2.75) is 38.5 Å². The van der Waals surface area contributed by atoms with Crippen LogP contribution >= 0.6 is 0 Å². The Labute approximate surface area is 159 Å². The number of rotatable bonds is 6. The maximum atomic E-state index is 13.2. The summed E-state index contributed by atoms with van der Waals surface area (Å²) in [5.74, 6) is 0.548. The van der Waals surface area contributed by atoms with Crippen LogP contribution in [-0.4, -0.2) is 9.78 Å². The van der Waals surface area contributed by atoms with Crippen molar-refractivity contribution >= 4 is 0 Å². The summed E-state index contributed by atoms with van der Waals surface area (Å²) in [6, 6.07) is 14.9. The fraction of sp³-hybridized carbons (Fsp3) is 0.318. The van der Waals surface area contributed by atoms with E-state index in [4.69, 9.17) is 4.74 Å². The van der Waals surface area contributed by atoms with Gasteiger partial charge in [-0.05, 0) is 54.7 Å². The van der Waals surface area contributed by atoms with E-state index in [1.807, 2.05) is 36.1 Å².